The first-order valence-electron chi connectivity index (χ1n) is 20.4. The van der Waals surface area contributed by atoms with E-state index >= 15 is 0 Å². The molecule has 0 bridgehead atoms. The van der Waals surface area contributed by atoms with Crippen molar-refractivity contribution in [3.8, 4) is 0 Å². The highest BCUT2D eigenvalue weighted by Crippen LogP contribution is 2.22. The van der Waals surface area contributed by atoms with Crippen molar-refractivity contribution in [3.05, 3.63) is 151 Å². The van der Waals surface area contributed by atoms with E-state index in [-0.39, 0.29) is 23.1 Å². The van der Waals surface area contributed by atoms with Gasteiger partial charge in [-0.15, -0.1) is 0 Å². The molecule has 0 radical (unpaired) electrons. The molecule has 1 amide bonds. The van der Waals surface area contributed by atoms with Crippen LogP contribution in [0.5, 0.6) is 0 Å². The third kappa shape index (κ3) is 12.6. The predicted octanol–water partition coefficient (Wildman–Crippen LogP) is 6.98. The van der Waals surface area contributed by atoms with Crippen LogP contribution in [0.15, 0.2) is 85.5 Å². The molecule has 0 aliphatic rings. The molecule has 17 nitrogen and oxygen atoms in total. The number of alkyl halides is 1. The Bertz CT molecular complexity index is 2970. The Labute approximate surface area is 385 Å². The molecule has 338 valence electrons. The van der Waals surface area contributed by atoms with Crippen LogP contribution in [0.25, 0.3) is 21.8 Å². The Balaban J connectivity index is 0.000000200. The minimum Gasteiger partial charge on any atom is -0.477 e. The zero-order chi connectivity index (χ0) is 48.2. The van der Waals surface area contributed by atoms with Gasteiger partial charge in [0.1, 0.15) is 22.8 Å². The maximum absolute atomic E-state index is 12.7. The van der Waals surface area contributed by atoms with Gasteiger partial charge in [-0.25, -0.2) is 14.8 Å². The van der Waals surface area contributed by atoms with Crippen molar-refractivity contribution < 1.29 is 20.5 Å². The van der Waals surface area contributed by atoms with Crippen molar-refractivity contribution in [2.45, 2.75) is 53.9 Å². The summed E-state index contributed by atoms with van der Waals surface area (Å²) in [5, 5.41) is 23.1. The number of pyridine rings is 4. The lowest BCUT2D eigenvalue weighted by Crippen LogP contribution is -2.24. The molecular weight excluding hydrogens is 874 g/mol. The van der Waals surface area contributed by atoms with Gasteiger partial charge in [-0.1, -0.05) is 35.3 Å². The SMILES string of the molecule is Cc1cc(N)nc(C)c1CN.Cc1cc(N)nc(C)c1CNC(=O)c1cn(Cc2ccc3ncc(Cl)cc3c2)nc1N.Nc1nn(Cc2ccc3ncc(Cl)cc3c2)cc1C(=O)O.[2H]CF. The van der Waals surface area contributed by atoms with Crippen LogP contribution in [0, 0.1) is 27.7 Å². The largest absolute Gasteiger partial charge is 0.477 e. The average molecular weight is 925 g/mol. The number of carboxylic acid groups (broad SMARTS) is 1. The standard InChI is InChI=1S/C22H22ClN7O.C14H11ClN4O2.C8H13N3.CH3F/c1-12-5-20(24)28-13(2)17(12)9-27-22(31)18-11-30(29-21(18)25)10-14-3-4-19-15(6-14)7-16(23)8-26-19;15-10-4-9-3-8(1-2-12(9)17-5-10)6-19-7-11(14(20)21)13(16)18-19;1-5-3-8(10)11-6(2)7(5)4-9;1-2/h3-8,11H,9-10H2,1-2H3,(H2,24,28)(H2,25,29)(H,27,31);1-5,7H,6H2,(H2,16,18)(H,20,21);3H,4,9H2,1-2H3,(H2,10,11);1H3/i;;;1D. The van der Waals surface area contributed by atoms with E-state index in [0.29, 0.717) is 53.4 Å². The molecular formula is C45H49Cl2FN14O3. The fourth-order valence-corrected chi connectivity index (χ4v) is 7.20. The summed E-state index contributed by atoms with van der Waals surface area (Å²) in [6.45, 7) is 9.45. The molecule has 0 saturated carbocycles. The number of aromatic nitrogens is 8. The maximum Gasteiger partial charge on any atom is 0.341 e. The van der Waals surface area contributed by atoms with Gasteiger partial charge < -0.3 is 39.1 Å². The zero-order valence-corrected chi connectivity index (χ0v) is 37.5. The van der Waals surface area contributed by atoms with E-state index in [0.717, 1.165) is 66.6 Å². The van der Waals surface area contributed by atoms with Crippen LogP contribution in [0.4, 0.5) is 27.7 Å². The second-order valence-corrected chi connectivity index (χ2v) is 15.5. The summed E-state index contributed by atoms with van der Waals surface area (Å²) >= 11 is 12.0. The first-order chi connectivity index (χ1) is 31.4. The van der Waals surface area contributed by atoms with Gasteiger partial charge in [-0.05, 0) is 110 Å². The number of aryl methyl sites for hydroxylation is 4. The molecule has 20 heteroatoms. The number of anilines is 4. The molecule has 0 aliphatic carbocycles. The third-order valence-electron chi connectivity index (χ3n) is 9.95. The first-order valence-corrected chi connectivity index (χ1v) is 20.4. The lowest BCUT2D eigenvalue weighted by Gasteiger charge is -2.11. The number of benzene rings is 2. The van der Waals surface area contributed by atoms with Crippen LogP contribution in [-0.4, -0.2) is 63.6 Å². The molecule has 0 saturated heterocycles. The molecule has 6 heterocycles. The number of nitrogen functional groups attached to an aromatic ring is 4. The number of hydrogen-bond donors (Lipinski definition) is 7. The predicted molar refractivity (Wildman–Crippen MR) is 254 cm³/mol. The lowest BCUT2D eigenvalue weighted by molar-refractivity contribution is 0.0697. The van der Waals surface area contributed by atoms with Crippen molar-refractivity contribution in [3.63, 3.8) is 0 Å². The van der Waals surface area contributed by atoms with Crippen LogP contribution in [-0.2, 0) is 26.2 Å². The number of nitrogens with one attached hydrogen (secondary N) is 1. The highest BCUT2D eigenvalue weighted by molar-refractivity contribution is 6.31. The van der Waals surface area contributed by atoms with Gasteiger partial charge in [0, 0.05) is 60.0 Å². The summed E-state index contributed by atoms with van der Waals surface area (Å²) in [6.07, 6.45) is 6.27. The third-order valence-corrected chi connectivity index (χ3v) is 10.4. The summed E-state index contributed by atoms with van der Waals surface area (Å²) in [4.78, 5) is 40.5. The number of fused-ring (bicyclic) bond motifs is 2. The van der Waals surface area contributed by atoms with Gasteiger partial charge >= 0.3 is 5.97 Å². The van der Waals surface area contributed by atoms with Crippen molar-refractivity contribution >= 4 is 80.2 Å². The molecule has 0 unspecified atom stereocenters. The van der Waals surface area contributed by atoms with Gasteiger partial charge in [-0.3, -0.25) is 28.5 Å². The van der Waals surface area contributed by atoms with Crippen molar-refractivity contribution in [2.24, 2.45) is 5.73 Å². The molecule has 0 aliphatic heterocycles. The lowest BCUT2D eigenvalue weighted by atomic mass is 10.1. The Kier molecular flexibility index (Phi) is 15.8. The summed E-state index contributed by atoms with van der Waals surface area (Å²) in [5.74, 6) is -0.179. The van der Waals surface area contributed by atoms with Crippen LogP contribution in [0.1, 0.15) is 66.9 Å². The van der Waals surface area contributed by atoms with Crippen LogP contribution >= 0.6 is 23.2 Å². The Morgan fingerprint density at radius 2 is 1.17 bits per heavy atom. The number of nitrogens with two attached hydrogens (primary N) is 5. The van der Waals surface area contributed by atoms with E-state index in [1.54, 1.807) is 29.3 Å². The van der Waals surface area contributed by atoms with E-state index in [2.05, 4.69) is 35.5 Å². The quantitative estimate of drug-likeness (QED) is 0.0769. The number of aromatic carboxylic acids is 1. The van der Waals surface area contributed by atoms with E-state index in [1.807, 2.05) is 82.3 Å². The van der Waals surface area contributed by atoms with Crippen molar-refractivity contribution in [2.75, 3.05) is 30.1 Å². The topological polar surface area (TPSA) is 284 Å². The molecule has 8 rings (SSSR count). The average Bonchev–Trinajstić information content (AvgIpc) is 3.81. The van der Waals surface area contributed by atoms with Crippen LogP contribution in [0.3, 0.4) is 0 Å². The summed E-state index contributed by atoms with van der Waals surface area (Å²) < 4.78 is 18.6. The van der Waals surface area contributed by atoms with Gasteiger partial charge in [0.15, 0.2) is 11.6 Å². The molecule has 0 spiro atoms. The number of carbonyl (C=O) groups is 2. The number of carboxylic acids is 1. The molecule has 0 fully saturated rings. The number of amides is 1. The zero-order valence-electron chi connectivity index (χ0n) is 37.0. The maximum atomic E-state index is 12.7. The summed E-state index contributed by atoms with van der Waals surface area (Å²) in [7, 11) is -1.00. The van der Waals surface area contributed by atoms with Crippen molar-refractivity contribution in [1.29, 1.82) is 0 Å². The van der Waals surface area contributed by atoms with E-state index in [9.17, 15) is 14.0 Å². The Hall–Kier alpha value is -7.41. The molecule has 2 aromatic carbocycles. The monoisotopic (exact) mass is 923 g/mol. The minimum atomic E-state index is -1.09. The fraction of sp³-hybridized carbons (Fsp3) is 0.200. The number of rotatable bonds is 9. The summed E-state index contributed by atoms with van der Waals surface area (Å²) in [5.41, 5.74) is 38.2. The second kappa shape index (κ2) is 21.8. The second-order valence-electron chi connectivity index (χ2n) is 14.7. The Morgan fingerprint density at radius 1 is 0.723 bits per heavy atom. The van der Waals surface area contributed by atoms with Crippen LogP contribution in [0.2, 0.25) is 10.0 Å². The highest BCUT2D eigenvalue weighted by Gasteiger charge is 2.17. The Morgan fingerprint density at radius 3 is 1.60 bits per heavy atom. The van der Waals surface area contributed by atoms with E-state index in [4.69, 9.17) is 58.3 Å². The number of halogens is 3. The number of hydrogen-bond acceptors (Lipinski definition) is 13. The van der Waals surface area contributed by atoms with E-state index in [1.165, 1.54) is 10.9 Å². The van der Waals surface area contributed by atoms with Gasteiger partial charge in [0.2, 0.25) is 0 Å². The number of carbonyl (C=O) groups excluding carboxylic acids is 1. The molecule has 0 atom stereocenters. The smallest absolute Gasteiger partial charge is 0.341 e. The molecule has 65 heavy (non-hydrogen) atoms. The molecule has 8 aromatic rings. The first kappa shape index (κ1) is 47.1. The van der Waals surface area contributed by atoms with Gasteiger partial charge in [-0.2, -0.15) is 10.2 Å². The number of nitrogens with zero attached hydrogens (tertiary/aromatic N) is 8. The van der Waals surface area contributed by atoms with E-state index < -0.39 is 13.1 Å². The van der Waals surface area contributed by atoms with Gasteiger partial charge in [0.05, 0.1) is 42.7 Å². The minimum absolute atomic E-state index is 0.000463. The molecule has 12 N–H and O–H groups in total. The normalized spacial score (nSPS) is 10.8. The molecule has 6 aromatic heterocycles. The fourth-order valence-electron chi connectivity index (χ4n) is 6.87. The highest BCUT2D eigenvalue weighted by atomic mass is 35.5. The van der Waals surface area contributed by atoms with Gasteiger partial charge in [0.25, 0.3) is 5.91 Å². The van der Waals surface area contributed by atoms with Crippen molar-refractivity contribution in [1.82, 2.24) is 44.8 Å². The van der Waals surface area contributed by atoms with Crippen LogP contribution < -0.4 is 34.0 Å². The summed E-state index contributed by atoms with van der Waals surface area (Å²) in [6, 6.07) is 18.9.